The molecule has 0 bridgehead atoms. The third-order valence-electron chi connectivity index (χ3n) is 7.81. The third kappa shape index (κ3) is 4.15. The van der Waals surface area contributed by atoms with Crippen LogP contribution in [0.2, 0.25) is 0 Å². The van der Waals surface area contributed by atoms with Crippen molar-refractivity contribution in [1.82, 2.24) is 19.7 Å². The van der Waals surface area contributed by atoms with E-state index in [9.17, 15) is 13.2 Å². The van der Waals surface area contributed by atoms with Crippen LogP contribution in [0.3, 0.4) is 0 Å². The van der Waals surface area contributed by atoms with Crippen molar-refractivity contribution in [3.8, 4) is 0 Å². The number of nitrogens with zero attached hydrogens (tertiary/aromatic N) is 6. The maximum atomic E-state index is 13.5. The van der Waals surface area contributed by atoms with Gasteiger partial charge >= 0.3 is 0 Å². The number of sulfonamides is 1. The topological polar surface area (TPSA) is 101 Å². The summed E-state index contributed by atoms with van der Waals surface area (Å²) in [5.41, 5.74) is 1.05. The lowest BCUT2D eigenvalue weighted by Gasteiger charge is -2.33. The molecule has 4 aliphatic rings. The Morgan fingerprint density at radius 1 is 0.914 bits per heavy atom. The zero-order chi connectivity index (χ0) is 24.0. The van der Waals surface area contributed by atoms with E-state index in [0.717, 1.165) is 76.1 Å². The van der Waals surface area contributed by atoms with E-state index in [2.05, 4.69) is 19.2 Å². The maximum Gasteiger partial charge on any atom is 0.286 e. The smallest absolute Gasteiger partial charge is 0.286 e. The number of rotatable bonds is 2. The molecule has 4 aliphatic heterocycles. The van der Waals surface area contributed by atoms with Gasteiger partial charge in [-0.1, -0.05) is 12.8 Å². The van der Waals surface area contributed by atoms with Gasteiger partial charge in [0.05, 0.1) is 5.69 Å². The first kappa shape index (κ1) is 22.7. The fourth-order valence-electron chi connectivity index (χ4n) is 5.98. The van der Waals surface area contributed by atoms with Gasteiger partial charge in [-0.3, -0.25) is 4.79 Å². The fourth-order valence-corrected chi connectivity index (χ4v) is 7.26. The molecule has 0 saturated carbocycles. The first-order chi connectivity index (χ1) is 17.0. The van der Waals surface area contributed by atoms with E-state index in [1.54, 1.807) is 12.1 Å². The van der Waals surface area contributed by atoms with Crippen LogP contribution in [-0.4, -0.2) is 59.5 Å². The number of carbonyl (C=O) groups excluding carboxylic acids is 1. The highest BCUT2D eigenvalue weighted by molar-refractivity contribution is 7.90. The quantitative estimate of drug-likeness (QED) is 0.631. The Bertz CT molecular complexity index is 1280. The average molecular weight is 497 g/mol. The van der Waals surface area contributed by atoms with Crippen LogP contribution in [0.5, 0.6) is 0 Å². The average Bonchev–Trinajstić information content (AvgIpc) is 3.01. The number of carbonyl (C=O) groups is 1. The molecule has 1 unspecified atom stereocenters. The molecule has 0 spiro atoms. The minimum atomic E-state index is -3.82. The summed E-state index contributed by atoms with van der Waals surface area (Å²) in [5, 5.41) is 8.98. The highest BCUT2D eigenvalue weighted by atomic mass is 32.2. The van der Waals surface area contributed by atoms with Crippen LogP contribution in [-0.2, 0) is 23.0 Å². The van der Waals surface area contributed by atoms with E-state index in [1.165, 1.54) is 12.5 Å². The van der Waals surface area contributed by atoms with Gasteiger partial charge < -0.3 is 14.4 Å². The Morgan fingerprint density at radius 2 is 1.74 bits per heavy atom. The summed E-state index contributed by atoms with van der Waals surface area (Å²) in [5.74, 6) is 2.71. The summed E-state index contributed by atoms with van der Waals surface area (Å²) in [7, 11) is -3.82. The van der Waals surface area contributed by atoms with Crippen LogP contribution < -0.4 is 4.90 Å². The lowest BCUT2D eigenvalue weighted by Crippen LogP contribution is -2.40. The second-order valence-corrected chi connectivity index (χ2v) is 11.7. The fraction of sp³-hybridized carbons (Fsp3) is 0.600. The minimum Gasteiger partial charge on any atom is -0.338 e. The molecular weight excluding hydrogens is 464 g/mol. The van der Waals surface area contributed by atoms with Gasteiger partial charge in [-0.2, -0.15) is 8.42 Å². The molecular formula is C25H32N6O3S. The number of benzene rings is 1. The molecule has 0 N–H and O–H groups in total. The molecule has 0 radical (unpaired) electrons. The molecule has 2 fully saturated rings. The van der Waals surface area contributed by atoms with Crippen molar-refractivity contribution in [2.45, 2.75) is 81.6 Å². The number of amidine groups is 1. The molecule has 186 valence electrons. The number of amides is 1. The molecule has 2 saturated heterocycles. The molecule has 0 aliphatic carbocycles. The van der Waals surface area contributed by atoms with Crippen molar-refractivity contribution in [2.24, 2.45) is 4.40 Å². The number of hydrogen-bond donors (Lipinski definition) is 0. The number of piperidine rings is 1. The summed E-state index contributed by atoms with van der Waals surface area (Å²) >= 11 is 0. The first-order valence-electron chi connectivity index (χ1n) is 13.0. The lowest BCUT2D eigenvalue weighted by molar-refractivity contribution is 0.0703. The molecule has 35 heavy (non-hydrogen) atoms. The van der Waals surface area contributed by atoms with Gasteiger partial charge in [0, 0.05) is 50.5 Å². The van der Waals surface area contributed by atoms with Gasteiger partial charge in [-0.15, -0.1) is 14.6 Å². The predicted octanol–water partition coefficient (Wildman–Crippen LogP) is 3.51. The van der Waals surface area contributed by atoms with Crippen LogP contribution in [0.15, 0.2) is 27.5 Å². The summed E-state index contributed by atoms with van der Waals surface area (Å²) in [6, 6.07) is 5.10. The Morgan fingerprint density at radius 3 is 2.63 bits per heavy atom. The molecule has 2 aromatic rings. The van der Waals surface area contributed by atoms with Crippen LogP contribution in [0.1, 0.15) is 85.7 Å². The number of aryl methyl sites for hydroxylation is 1. The van der Waals surface area contributed by atoms with E-state index in [-0.39, 0.29) is 16.7 Å². The molecule has 1 amide bonds. The predicted molar refractivity (Wildman–Crippen MR) is 132 cm³/mol. The van der Waals surface area contributed by atoms with Crippen molar-refractivity contribution >= 4 is 27.5 Å². The van der Waals surface area contributed by atoms with E-state index in [1.807, 2.05) is 9.80 Å². The highest BCUT2D eigenvalue weighted by Gasteiger charge is 2.34. The van der Waals surface area contributed by atoms with E-state index in [0.29, 0.717) is 36.6 Å². The van der Waals surface area contributed by atoms with Gasteiger partial charge in [0.15, 0.2) is 0 Å². The van der Waals surface area contributed by atoms with Gasteiger partial charge in [-0.25, -0.2) is 0 Å². The van der Waals surface area contributed by atoms with Crippen molar-refractivity contribution in [1.29, 1.82) is 0 Å². The van der Waals surface area contributed by atoms with Gasteiger partial charge in [-0.05, 0) is 56.7 Å². The molecule has 5 heterocycles. The first-order valence-corrected chi connectivity index (χ1v) is 14.4. The van der Waals surface area contributed by atoms with E-state index >= 15 is 0 Å². The van der Waals surface area contributed by atoms with Crippen LogP contribution in [0, 0.1) is 0 Å². The second kappa shape index (κ2) is 9.04. The number of anilines is 1. The van der Waals surface area contributed by atoms with Gasteiger partial charge in [0.25, 0.3) is 15.9 Å². The van der Waals surface area contributed by atoms with Gasteiger partial charge in [0.1, 0.15) is 22.4 Å². The third-order valence-corrected chi connectivity index (χ3v) is 9.14. The molecule has 6 rings (SSSR count). The van der Waals surface area contributed by atoms with Crippen LogP contribution in [0.25, 0.3) is 0 Å². The lowest BCUT2D eigenvalue weighted by atomic mass is 9.96. The number of fused-ring (bicyclic) bond motifs is 4. The van der Waals surface area contributed by atoms with Crippen molar-refractivity contribution < 1.29 is 13.2 Å². The monoisotopic (exact) mass is 496 g/mol. The Kier molecular flexibility index (Phi) is 5.86. The number of likely N-dealkylation sites (tertiary alicyclic amines) is 1. The standard InChI is InChI=1S/C25H32N6O3S/c32-25(29-13-7-8-19(17-29)24-27-26-22-9-3-1-6-15-31(22)24)18-11-12-20-21(16-18)35(33,34)28-23-10-4-2-5-14-30(20)23/h11-12,16,19H,1-10,13-15,17H2. The Labute approximate surface area is 206 Å². The normalized spacial score (nSPS) is 23.9. The van der Waals surface area contributed by atoms with Crippen LogP contribution >= 0.6 is 0 Å². The second-order valence-electron chi connectivity index (χ2n) is 10.2. The van der Waals surface area contributed by atoms with E-state index < -0.39 is 10.0 Å². The van der Waals surface area contributed by atoms with Crippen LogP contribution in [0.4, 0.5) is 5.69 Å². The molecule has 1 atom stereocenters. The molecule has 9 nitrogen and oxygen atoms in total. The Balaban J connectivity index is 1.26. The molecule has 1 aromatic carbocycles. The zero-order valence-corrected chi connectivity index (χ0v) is 20.8. The SMILES string of the molecule is O=C(c1ccc2c(c1)S(=O)(=O)N=C1CCCCCN12)N1CCCC(c2nnc3n2CCCCC3)C1. The summed E-state index contributed by atoms with van der Waals surface area (Å²) in [4.78, 5) is 17.5. The van der Waals surface area contributed by atoms with Gasteiger partial charge in [0.2, 0.25) is 0 Å². The zero-order valence-electron chi connectivity index (χ0n) is 20.0. The maximum absolute atomic E-state index is 13.5. The highest BCUT2D eigenvalue weighted by Crippen LogP contribution is 2.36. The Hall–Kier alpha value is -2.75. The number of hydrogen-bond acceptors (Lipinski definition) is 6. The van der Waals surface area contributed by atoms with Crippen molar-refractivity contribution in [2.75, 3.05) is 24.5 Å². The summed E-state index contributed by atoms with van der Waals surface area (Å²) in [6.45, 7) is 2.94. The summed E-state index contributed by atoms with van der Waals surface area (Å²) < 4.78 is 32.4. The van der Waals surface area contributed by atoms with Crippen molar-refractivity contribution in [3.05, 3.63) is 35.4 Å². The van der Waals surface area contributed by atoms with Crippen molar-refractivity contribution in [3.63, 3.8) is 0 Å². The van der Waals surface area contributed by atoms with E-state index in [4.69, 9.17) is 0 Å². The minimum absolute atomic E-state index is 0.131. The molecule has 1 aromatic heterocycles. The largest absolute Gasteiger partial charge is 0.338 e. The molecule has 10 heteroatoms. The summed E-state index contributed by atoms with van der Waals surface area (Å²) in [6.07, 6.45) is 10.0. The number of aromatic nitrogens is 3.